The minimum atomic E-state index is 0.0318. The van der Waals surface area contributed by atoms with Gasteiger partial charge in [-0.25, -0.2) is 0 Å². The second-order valence-electron chi connectivity index (χ2n) is 6.26. The van der Waals surface area contributed by atoms with Crippen molar-refractivity contribution in [3.63, 3.8) is 0 Å². The van der Waals surface area contributed by atoms with E-state index >= 15 is 0 Å². The van der Waals surface area contributed by atoms with Crippen molar-refractivity contribution in [3.8, 4) is 5.88 Å². The lowest BCUT2D eigenvalue weighted by Crippen LogP contribution is -2.33. The van der Waals surface area contributed by atoms with Gasteiger partial charge in [0.05, 0.1) is 37.8 Å². The van der Waals surface area contributed by atoms with Crippen LogP contribution >= 0.6 is 0 Å². The van der Waals surface area contributed by atoms with Crippen LogP contribution in [0.5, 0.6) is 5.88 Å². The molecule has 122 valence electrons. The molecule has 1 saturated heterocycles. The van der Waals surface area contributed by atoms with Crippen LogP contribution in [0.15, 0.2) is 12.4 Å². The summed E-state index contributed by atoms with van der Waals surface area (Å²) in [5.41, 5.74) is 0. The first-order chi connectivity index (χ1) is 10.8. The lowest BCUT2D eigenvalue weighted by atomic mass is 10.1. The van der Waals surface area contributed by atoms with E-state index in [-0.39, 0.29) is 18.8 Å². The summed E-state index contributed by atoms with van der Waals surface area (Å²) >= 11 is 0. The number of aliphatic hydroxyl groups is 1. The summed E-state index contributed by atoms with van der Waals surface area (Å²) in [6.07, 6.45) is 9.44. The van der Waals surface area contributed by atoms with Crippen LogP contribution in [-0.4, -0.2) is 54.1 Å². The summed E-state index contributed by atoms with van der Waals surface area (Å²) in [5, 5.41) is 9.55. The SMILES string of the molecule is CO[C@@H]1C[C@@H](CO)N(c2cncc(OCC3CCCC3)n2)C1. The zero-order chi connectivity index (χ0) is 15.4. The molecule has 2 fully saturated rings. The second kappa shape index (κ2) is 7.24. The molecule has 0 spiro atoms. The van der Waals surface area contributed by atoms with E-state index < -0.39 is 0 Å². The highest BCUT2D eigenvalue weighted by Gasteiger charge is 2.32. The number of anilines is 1. The molecular weight excluding hydrogens is 282 g/mol. The maximum absolute atomic E-state index is 9.55. The quantitative estimate of drug-likeness (QED) is 0.861. The van der Waals surface area contributed by atoms with Gasteiger partial charge in [-0.05, 0) is 25.2 Å². The summed E-state index contributed by atoms with van der Waals surface area (Å²) in [5.74, 6) is 1.98. The first-order valence-corrected chi connectivity index (χ1v) is 8.15. The lowest BCUT2D eigenvalue weighted by molar-refractivity contribution is 0.115. The molecule has 0 aromatic carbocycles. The van der Waals surface area contributed by atoms with Gasteiger partial charge in [-0.3, -0.25) is 4.98 Å². The number of hydrogen-bond acceptors (Lipinski definition) is 6. The van der Waals surface area contributed by atoms with E-state index in [1.54, 1.807) is 19.5 Å². The molecule has 6 nitrogen and oxygen atoms in total. The Morgan fingerprint density at radius 2 is 2.14 bits per heavy atom. The maximum atomic E-state index is 9.55. The molecular formula is C16H25N3O3. The van der Waals surface area contributed by atoms with Crippen LogP contribution < -0.4 is 9.64 Å². The van der Waals surface area contributed by atoms with Gasteiger partial charge in [-0.15, -0.1) is 0 Å². The van der Waals surface area contributed by atoms with Crippen LogP contribution in [0, 0.1) is 5.92 Å². The Hall–Kier alpha value is -1.40. The third-order valence-electron chi connectivity index (χ3n) is 4.76. The highest BCUT2D eigenvalue weighted by atomic mass is 16.5. The first kappa shape index (κ1) is 15.5. The zero-order valence-electron chi connectivity index (χ0n) is 13.1. The van der Waals surface area contributed by atoms with Gasteiger partial charge in [-0.1, -0.05) is 12.8 Å². The average molecular weight is 307 g/mol. The molecule has 0 amide bonds. The van der Waals surface area contributed by atoms with E-state index in [4.69, 9.17) is 9.47 Å². The summed E-state index contributed by atoms with van der Waals surface area (Å²) in [7, 11) is 1.70. The van der Waals surface area contributed by atoms with Crippen molar-refractivity contribution in [2.45, 2.75) is 44.2 Å². The second-order valence-corrected chi connectivity index (χ2v) is 6.26. The molecule has 1 aromatic rings. The van der Waals surface area contributed by atoms with Crippen molar-refractivity contribution in [1.82, 2.24) is 9.97 Å². The summed E-state index contributed by atoms with van der Waals surface area (Å²) in [4.78, 5) is 10.9. The molecule has 1 aromatic heterocycles. The van der Waals surface area contributed by atoms with E-state index in [1.165, 1.54) is 25.7 Å². The fourth-order valence-electron chi connectivity index (χ4n) is 3.42. The third-order valence-corrected chi connectivity index (χ3v) is 4.76. The molecule has 2 aliphatic rings. The van der Waals surface area contributed by atoms with Crippen LogP contribution in [-0.2, 0) is 4.74 Å². The highest BCUT2D eigenvalue weighted by Crippen LogP contribution is 2.27. The Morgan fingerprint density at radius 3 is 2.86 bits per heavy atom. The zero-order valence-corrected chi connectivity index (χ0v) is 13.1. The van der Waals surface area contributed by atoms with Crippen LogP contribution in [0.4, 0.5) is 5.82 Å². The number of aromatic nitrogens is 2. The first-order valence-electron chi connectivity index (χ1n) is 8.15. The molecule has 0 radical (unpaired) electrons. The Labute approximate surface area is 131 Å². The number of hydrogen-bond donors (Lipinski definition) is 1. The number of rotatable bonds is 6. The van der Waals surface area contributed by atoms with Gasteiger partial charge in [0.25, 0.3) is 0 Å². The summed E-state index contributed by atoms with van der Waals surface area (Å²) < 4.78 is 11.2. The standard InChI is InChI=1S/C16H25N3O3/c1-21-14-6-13(10-20)19(9-14)15-7-17-8-16(18-15)22-11-12-4-2-3-5-12/h7-8,12-14,20H,2-6,9-11H2,1H3/t13-,14+/m0/s1. The Kier molecular flexibility index (Phi) is 5.10. The minimum Gasteiger partial charge on any atom is -0.476 e. The predicted octanol–water partition coefficient (Wildman–Crippen LogP) is 1.63. The molecule has 0 unspecified atom stereocenters. The summed E-state index contributed by atoms with van der Waals surface area (Å²) in [6, 6.07) is 0.0318. The fraction of sp³-hybridized carbons (Fsp3) is 0.750. The number of nitrogens with zero attached hydrogens (tertiary/aromatic N) is 3. The van der Waals surface area contributed by atoms with Crippen LogP contribution in [0.2, 0.25) is 0 Å². The molecule has 1 aliphatic heterocycles. The van der Waals surface area contributed by atoms with Gasteiger partial charge < -0.3 is 19.5 Å². The molecule has 22 heavy (non-hydrogen) atoms. The lowest BCUT2D eigenvalue weighted by Gasteiger charge is -2.23. The van der Waals surface area contributed by atoms with Gasteiger partial charge >= 0.3 is 0 Å². The Morgan fingerprint density at radius 1 is 1.32 bits per heavy atom. The monoisotopic (exact) mass is 307 g/mol. The largest absolute Gasteiger partial charge is 0.476 e. The maximum Gasteiger partial charge on any atom is 0.234 e. The van der Waals surface area contributed by atoms with E-state index in [9.17, 15) is 5.11 Å². The summed E-state index contributed by atoms with van der Waals surface area (Å²) in [6.45, 7) is 1.54. The van der Waals surface area contributed by atoms with Gasteiger partial charge in [0, 0.05) is 13.7 Å². The van der Waals surface area contributed by atoms with Crippen molar-refractivity contribution in [2.75, 3.05) is 31.8 Å². The normalized spacial score (nSPS) is 25.8. The smallest absolute Gasteiger partial charge is 0.234 e. The molecule has 3 rings (SSSR count). The van der Waals surface area contributed by atoms with Gasteiger partial charge in [0.15, 0.2) is 5.82 Å². The Balaban J connectivity index is 1.64. The number of aliphatic hydroxyl groups excluding tert-OH is 1. The van der Waals surface area contributed by atoms with E-state index in [2.05, 4.69) is 14.9 Å². The topological polar surface area (TPSA) is 67.7 Å². The third kappa shape index (κ3) is 3.50. The van der Waals surface area contributed by atoms with Crippen LogP contribution in [0.25, 0.3) is 0 Å². The number of ether oxygens (including phenoxy) is 2. The minimum absolute atomic E-state index is 0.0318. The number of methoxy groups -OCH3 is 1. The predicted molar refractivity (Wildman–Crippen MR) is 83.1 cm³/mol. The van der Waals surface area contributed by atoms with Crippen molar-refractivity contribution < 1.29 is 14.6 Å². The highest BCUT2D eigenvalue weighted by molar-refractivity contribution is 5.41. The molecule has 1 aliphatic carbocycles. The average Bonchev–Trinajstić information content (AvgIpc) is 3.22. The van der Waals surface area contributed by atoms with Gasteiger partial charge in [0.1, 0.15) is 0 Å². The molecule has 2 heterocycles. The molecule has 6 heteroatoms. The van der Waals surface area contributed by atoms with Gasteiger partial charge in [0.2, 0.25) is 5.88 Å². The van der Waals surface area contributed by atoms with E-state index in [0.29, 0.717) is 11.8 Å². The van der Waals surface area contributed by atoms with E-state index in [0.717, 1.165) is 25.4 Å². The van der Waals surface area contributed by atoms with Crippen molar-refractivity contribution >= 4 is 5.82 Å². The van der Waals surface area contributed by atoms with E-state index in [1.807, 2.05) is 0 Å². The van der Waals surface area contributed by atoms with Crippen LogP contribution in [0.3, 0.4) is 0 Å². The fourth-order valence-corrected chi connectivity index (χ4v) is 3.42. The molecule has 1 N–H and O–H groups in total. The molecule has 2 atom stereocenters. The molecule has 0 bridgehead atoms. The van der Waals surface area contributed by atoms with Crippen molar-refractivity contribution in [2.24, 2.45) is 5.92 Å². The van der Waals surface area contributed by atoms with Crippen molar-refractivity contribution in [3.05, 3.63) is 12.4 Å². The van der Waals surface area contributed by atoms with Crippen LogP contribution in [0.1, 0.15) is 32.1 Å². The van der Waals surface area contributed by atoms with Gasteiger partial charge in [-0.2, -0.15) is 4.98 Å². The Bertz CT molecular complexity index is 479. The van der Waals surface area contributed by atoms with Crippen molar-refractivity contribution in [1.29, 1.82) is 0 Å². The molecule has 1 saturated carbocycles.